The third-order valence-electron chi connectivity index (χ3n) is 5.66. The number of carbonyl (C=O) groups is 2. The molecule has 1 fully saturated rings. The van der Waals surface area contributed by atoms with Crippen molar-refractivity contribution in [3.8, 4) is 11.1 Å². The zero-order valence-electron chi connectivity index (χ0n) is 21.2. The van der Waals surface area contributed by atoms with Crippen molar-refractivity contribution in [2.75, 3.05) is 13.1 Å². The molecule has 16 heteroatoms. The van der Waals surface area contributed by atoms with Gasteiger partial charge in [-0.25, -0.2) is 19.1 Å². The Morgan fingerprint density at radius 3 is 2.10 bits per heavy atom. The van der Waals surface area contributed by atoms with Gasteiger partial charge in [0.1, 0.15) is 0 Å². The molecule has 41 heavy (non-hydrogen) atoms. The number of alkyl halides is 6. The first-order valence-corrected chi connectivity index (χ1v) is 12.6. The van der Waals surface area contributed by atoms with E-state index in [-0.39, 0.29) is 0 Å². The molecule has 2 N–H and O–H groups in total. The minimum absolute atomic E-state index is 0.412. The summed E-state index contributed by atoms with van der Waals surface area (Å²) in [6.07, 6.45) is -3.36. The van der Waals surface area contributed by atoms with Gasteiger partial charge in [-0.1, -0.05) is 0 Å². The second-order valence-electron chi connectivity index (χ2n) is 8.77. The van der Waals surface area contributed by atoms with Gasteiger partial charge in [0.05, 0.1) is 0 Å². The predicted molar refractivity (Wildman–Crippen MR) is 135 cm³/mol. The lowest BCUT2D eigenvalue weighted by Gasteiger charge is -2.13. The molecule has 4 aromatic rings. The smallest absolute Gasteiger partial charge is 0.475 e. The number of pyridine rings is 2. The Bertz CT molecular complexity index is 1450. The fourth-order valence-corrected chi connectivity index (χ4v) is 4.70. The van der Waals surface area contributed by atoms with Crippen LogP contribution < -0.4 is 0 Å². The number of aliphatic carboxylic acids is 2. The lowest BCUT2D eigenvalue weighted by molar-refractivity contribution is -0.193. The highest BCUT2D eigenvalue weighted by Crippen LogP contribution is 2.28. The number of likely N-dealkylation sites (tertiary alicyclic amines) is 1. The number of nitrogens with zero attached hydrogens (tertiary/aromatic N) is 5. The molecule has 0 spiro atoms. The van der Waals surface area contributed by atoms with Crippen molar-refractivity contribution in [1.29, 1.82) is 0 Å². The van der Waals surface area contributed by atoms with Crippen LogP contribution in [0.3, 0.4) is 0 Å². The SMILES string of the molecule is Cc1ccc(CN2CCC(c3nc4ccc(-c5ccncc5)cn4n3)C2)s1.O=C(O)C(F)(F)F.O=C(O)C(F)(F)F. The standard InChI is InChI=1S/C21H21N5S.2C2HF3O2/c1-15-2-4-19(27-15)14-25-11-8-18(12-25)21-23-20-5-3-17(13-26(20)24-21)16-6-9-22-10-7-16;2*3-2(4,5)1(6)7/h2-7,9-10,13,18H,8,11-12,14H2,1H3;2*(H,6,7). The van der Waals surface area contributed by atoms with Gasteiger partial charge in [-0.15, -0.1) is 11.3 Å². The van der Waals surface area contributed by atoms with Gasteiger partial charge < -0.3 is 10.2 Å². The predicted octanol–water partition coefficient (Wildman–Crippen LogP) is 5.42. The lowest BCUT2D eigenvalue weighted by Crippen LogP contribution is -2.21. The van der Waals surface area contributed by atoms with Crippen molar-refractivity contribution in [3.63, 3.8) is 0 Å². The van der Waals surface area contributed by atoms with Gasteiger partial charge >= 0.3 is 24.3 Å². The van der Waals surface area contributed by atoms with Crippen LogP contribution in [-0.2, 0) is 16.1 Å². The molecule has 1 saturated heterocycles. The number of carboxylic acids is 2. The van der Waals surface area contributed by atoms with Crippen molar-refractivity contribution in [2.24, 2.45) is 0 Å². The molecule has 0 aromatic carbocycles. The molecule has 4 aromatic heterocycles. The van der Waals surface area contributed by atoms with Crippen LogP contribution in [0.5, 0.6) is 0 Å². The van der Waals surface area contributed by atoms with Crippen LogP contribution in [0.25, 0.3) is 16.8 Å². The third kappa shape index (κ3) is 9.24. The first kappa shape index (κ1) is 31.5. The number of fused-ring (bicyclic) bond motifs is 1. The van der Waals surface area contributed by atoms with E-state index in [1.54, 1.807) is 0 Å². The Balaban J connectivity index is 0.000000276. The van der Waals surface area contributed by atoms with Crippen LogP contribution in [0.15, 0.2) is 55.0 Å². The van der Waals surface area contributed by atoms with Crippen LogP contribution in [0.2, 0.25) is 0 Å². The monoisotopic (exact) mass is 603 g/mol. The van der Waals surface area contributed by atoms with Crippen LogP contribution >= 0.6 is 11.3 Å². The van der Waals surface area contributed by atoms with Crippen molar-refractivity contribution in [1.82, 2.24) is 24.5 Å². The van der Waals surface area contributed by atoms with E-state index >= 15 is 0 Å². The highest BCUT2D eigenvalue weighted by Gasteiger charge is 2.38. The van der Waals surface area contributed by atoms with E-state index in [0.29, 0.717) is 5.92 Å². The zero-order chi connectivity index (χ0) is 30.4. The van der Waals surface area contributed by atoms with Gasteiger partial charge in [0, 0.05) is 52.9 Å². The number of thiophene rings is 1. The van der Waals surface area contributed by atoms with E-state index in [9.17, 15) is 26.3 Å². The van der Waals surface area contributed by atoms with Crippen molar-refractivity contribution >= 4 is 28.9 Å². The largest absolute Gasteiger partial charge is 0.490 e. The van der Waals surface area contributed by atoms with Gasteiger partial charge in [-0.05, 0) is 61.9 Å². The number of hydrogen-bond acceptors (Lipinski definition) is 7. The molecule has 1 aliphatic heterocycles. The second kappa shape index (κ2) is 13.1. The fourth-order valence-electron chi connectivity index (χ4n) is 3.77. The van der Waals surface area contributed by atoms with Crippen molar-refractivity contribution < 1.29 is 46.1 Å². The van der Waals surface area contributed by atoms with Gasteiger partial charge in [-0.2, -0.15) is 31.4 Å². The molecule has 0 saturated carbocycles. The fraction of sp³-hybridized carbons (Fsp3) is 0.320. The van der Waals surface area contributed by atoms with E-state index in [1.165, 1.54) is 9.75 Å². The van der Waals surface area contributed by atoms with Gasteiger partial charge in [-0.3, -0.25) is 9.88 Å². The Hall–Kier alpha value is -4.05. The molecule has 5 rings (SSSR count). The number of aromatic nitrogens is 4. The summed E-state index contributed by atoms with van der Waals surface area (Å²) in [6.45, 7) is 5.35. The van der Waals surface area contributed by atoms with Crippen molar-refractivity contribution in [3.05, 3.63) is 70.6 Å². The van der Waals surface area contributed by atoms with E-state index < -0.39 is 24.3 Å². The Labute approximate surface area is 232 Å². The summed E-state index contributed by atoms with van der Waals surface area (Å²) < 4.78 is 65.4. The quantitative estimate of drug-likeness (QED) is 0.297. The summed E-state index contributed by atoms with van der Waals surface area (Å²) in [4.78, 5) is 32.0. The topological polar surface area (TPSA) is 121 Å². The molecule has 9 nitrogen and oxygen atoms in total. The van der Waals surface area contributed by atoms with Gasteiger partial charge in [0.25, 0.3) is 0 Å². The average Bonchev–Trinajstić information content (AvgIpc) is 3.63. The molecular formula is C25H23F6N5O4S. The Morgan fingerprint density at radius 2 is 1.56 bits per heavy atom. The van der Waals surface area contributed by atoms with Crippen LogP contribution in [0.1, 0.15) is 27.9 Å². The van der Waals surface area contributed by atoms with Crippen LogP contribution in [-0.4, -0.2) is 72.1 Å². The number of carboxylic acid groups (broad SMARTS) is 2. The molecule has 5 heterocycles. The second-order valence-corrected chi connectivity index (χ2v) is 10.1. The molecule has 0 radical (unpaired) electrons. The molecule has 1 unspecified atom stereocenters. The Kier molecular flexibility index (Phi) is 10.0. The zero-order valence-corrected chi connectivity index (χ0v) is 22.0. The van der Waals surface area contributed by atoms with Crippen molar-refractivity contribution in [2.45, 2.75) is 38.2 Å². The minimum Gasteiger partial charge on any atom is -0.475 e. The molecule has 0 bridgehead atoms. The summed E-state index contributed by atoms with van der Waals surface area (Å²) in [7, 11) is 0. The van der Waals surface area contributed by atoms with E-state index in [4.69, 9.17) is 29.9 Å². The van der Waals surface area contributed by atoms with Gasteiger partial charge in [0.2, 0.25) is 0 Å². The van der Waals surface area contributed by atoms with Crippen LogP contribution in [0.4, 0.5) is 26.3 Å². The van der Waals surface area contributed by atoms with E-state index in [0.717, 1.165) is 48.7 Å². The summed E-state index contributed by atoms with van der Waals surface area (Å²) in [5.74, 6) is -4.14. The maximum absolute atomic E-state index is 10.6. The normalized spacial score (nSPS) is 15.5. The summed E-state index contributed by atoms with van der Waals surface area (Å²) in [5.41, 5.74) is 3.18. The first-order chi connectivity index (χ1) is 19.1. The summed E-state index contributed by atoms with van der Waals surface area (Å²) in [5, 5.41) is 19.0. The number of aryl methyl sites for hydroxylation is 1. The number of rotatable bonds is 4. The molecular weight excluding hydrogens is 580 g/mol. The molecule has 0 amide bonds. The summed E-state index contributed by atoms with van der Waals surface area (Å²) in [6, 6.07) is 12.6. The molecule has 1 atom stereocenters. The maximum Gasteiger partial charge on any atom is 0.490 e. The first-order valence-electron chi connectivity index (χ1n) is 11.8. The lowest BCUT2D eigenvalue weighted by atomic mass is 10.1. The average molecular weight is 604 g/mol. The molecule has 220 valence electrons. The highest BCUT2D eigenvalue weighted by atomic mass is 32.1. The molecule has 1 aliphatic rings. The number of hydrogen-bond donors (Lipinski definition) is 2. The highest BCUT2D eigenvalue weighted by molar-refractivity contribution is 7.11. The third-order valence-corrected chi connectivity index (χ3v) is 6.64. The minimum atomic E-state index is -5.08. The maximum atomic E-state index is 10.6. The van der Waals surface area contributed by atoms with E-state index in [2.05, 4.69) is 41.2 Å². The Morgan fingerprint density at radius 1 is 0.951 bits per heavy atom. The van der Waals surface area contributed by atoms with Gasteiger partial charge in [0.15, 0.2) is 11.5 Å². The summed E-state index contributed by atoms with van der Waals surface area (Å²) >= 11 is 1.89. The van der Waals surface area contributed by atoms with E-state index in [1.807, 2.05) is 46.4 Å². The molecule has 0 aliphatic carbocycles. The number of halogens is 6. The van der Waals surface area contributed by atoms with Crippen LogP contribution in [0, 0.1) is 6.92 Å².